The molecule has 3 heterocycles. The van der Waals surface area contributed by atoms with E-state index in [0.717, 1.165) is 15.8 Å². The van der Waals surface area contributed by atoms with Gasteiger partial charge in [-0.05, 0) is 48.2 Å². The highest BCUT2D eigenvalue weighted by atomic mass is 32.1. The molecule has 5 nitrogen and oxygen atoms in total. The Hall–Kier alpha value is -3.64. The van der Waals surface area contributed by atoms with E-state index in [0.29, 0.717) is 33.6 Å². The van der Waals surface area contributed by atoms with Gasteiger partial charge in [0, 0.05) is 27.3 Å². The zero-order valence-electron chi connectivity index (χ0n) is 16.0. The van der Waals surface area contributed by atoms with Gasteiger partial charge in [0.2, 0.25) is 0 Å². The normalized spacial score (nSPS) is 11.2. The van der Waals surface area contributed by atoms with Crippen LogP contribution in [0.3, 0.4) is 0 Å². The highest BCUT2D eigenvalue weighted by Gasteiger charge is 2.16. The average Bonchev–Trinajstić information content (AvgIpc) is 3.37. The van der Waals surface area contributed by atoms with Crippen LogP contribution in [0.25, 0.3) is 33.3 Å². The lowest BCUT2D eigenvalue weighted by Gasteiger charge is -2.10. The summed E-state index contributed by atoms with van der Waals surface area (Å²) >= 11 is 1.51. The van der Waals surface area contributed by atoms with Crippen LogP contribution < -0.4 is 10.4 Å². The maximum absolute atomic E-state index is 12.4. The molecule has 0 saturated heterocycles. The monoisotopic (exact) mass is 416 g/mol. The number of aryl methyl sites for hydroxylation is 1. The molecule has 0 atom stereocenters. The van der Waals surface area contributed by atoms with Crippen LogP contribution >= 0.6 is 11.3 Å². The molecule has 0 fully saturated rings. The van der Waals surface area contributed by atoms with Crippen molar-refractivity contribution < 1.29 is 18.4 Å². The minimum atomic E-state index is -0.472. The zero-order chi connectivity index (χ0) is 20.7. The molecule has 30 heavy (non-hydrogen) atoms. The molecule has 5 aromatic rings. The van der Waals surface area contributed by atoms with Crippen LogP contribution in [-0.2, 0) is 11.2 Å². The Bertz CT molecular complexity index is 1410. The van der Waals surface area contributed by atoms with Crippen molar-refractivity contribution in [2.45, 2.75) is 13.3 Å². The van der Waals surface area contributed by atoms with E-state index in [-0.39, 0.29) is 12.4 Å². The number of ether oxygens (including phenoxy) is 1. The van der Waals surface area contributed by atoms with E-state index in [9.17, 15) is 9.59 Å². The molecule has 0 amide bonds. The third-order valence-electron chi connectivity index (χ3n) is 4.85. The summed E-state index contributed by atoms with van der Waals surface area (Å²) in [6.45, 7) is 1.81. The van der Waals surface area contributed by atoms with E-state index in [1.54, 1.807) is 19.1 Å². The minimum Gasteiger partial charge on any atom is -0.456 e. The second-order valence-corrected chi connectivity index (χ2v) is 8.00. The van der Waals surface area contributed by atoms with E-state index in [4.69, 9.17) is 13.6 Å². The van der Waals surface area contributed by atoms with Crippen LogP contribution in [0.4, 0.5) is 0 Å². The smallest absolute Gasteiger partial charge is 0.336 e. The van der Waals surface area contributed by atoms with Gasteiger partial charge in [0.05, 0.1) is 6.42 Å². The molecular weight excluding hydrogens is 400 g/mol. The van der Waals surface area contributed by atoms with Gasteiger partial charge in [-0.15, -0.1) is 11.3 Å². The van der Waals surface area contributed by atoms with Gasteiger partial charge < -0.3 is 13.6 Å². The van der Waals surface area contributed by atoms with Gasteiger partial charge in [-0.3, -0.25) is 4.79 Å². The number of carbonyl (C=O) groups excluding carboxylic acids is 1. The van der Waals surface area contributed by atoms with Gasteiger partial charge in [0.15, 0.2) is 0 Å². The molecule has 0 aliphatic heterocycles. The van der Waals surface area contributed by atoms with Crippen molar-refractivity contribution in [3.63, 3.8) is 0 Å². The van der Waals surface area contributed by atoms with Gasteiger partial charge in [0.25, 0.3) is 0 Å². The second kappa shape index (κ2) is 7.31. The van der Waals surface area contributed by atoms with Crippen LogP contribution in [0.5, 0.6) is 5.75 Å². The van der Waals surface area contributed by atoms with Crippen LogP contribution in [-0.4, -0.2) is 5.97 Å². The second-order valence-electron chi connectivity index (χ2n) is 6.97. The Morgan fingerprint density at radius 1 is 1.00 bits per heavy atom. The van der Waals surface area contributed by atoms with E-state index < -0.39 is 5.63 Å². The molecule has 0 radical (unpaired) electrons. The summed E-state index contributed by atoms with van der Waals surface area (Å²) in [6.07, 6.45) is 0.204. The summed E-state index contributed by atoms with van der Waals surface area (Å²) in [4.78, 5) is 25.5. The van der Waals surface area contributed by atoms with Crippen molar-refractivity contribution in [2.75, 3.05) is 0 Å². The van der Waals surface area contributed by atoms with Crippen molar-refractivity contribution in [3.8, 4) is 17.1 Å². The summed E-state index contributed by atoms with van der Waals surface area (Å²) in [5, 5.41) is 3.49. The summed E-state index contributed by atoms with van der Waals surface area (Å²) in [5.74, 6) is 0.631. The average molecular weight is 416 g/mol. The van der Waals surface area contributed by atoms with Crippen molar-refractivity contribution in [2.24, 2.45) is 0 Å². The van der Waals surface area contributed by atoms with Crippen molar-refractivity contribution in [1.29, 1.82) is 0 Å². The quantitative estimate of drug-likeness (QED) is 0.213. The zero-order valence-corrected chi connectivity index (χ0v) is 16.8. The predicted molar refractivity (Wildman–Crippen MR) is 116 cm³/mol. The SMILES string of the molecule is Cc1cc2oc(=O)cc(-c3cc4ccccc4o3)c2cc1OC(=O)Cc1cccs1. The number of furan rings is 1. The molecule has 0 aliphatic carbocycles. The summed E-state index contributed by atoms with van der Waals surface area (Å²) in [6, 6.07) is 18.1. The van der Waals surface area contributed by atoms with Crippen LogP contribution in [0, 0.1) is 6.92 Å². The molecule has 0 unspecified atom stereocenters. The number of esters is 1. The molecular formula is C24H16O5S. The molecule has 0 saturated carbocycles. The predicted octanol–water partition coefficient (Wildman–Crippen LogP) is 5.72. The Morgan fingerprint density at radius 2 is 1.87 bits per heavy atom. The number of thiophene rings is 1. The molecule has 6 heteroatoms. The lowest BCUT2D eigenvalue weighted by molar-refractivity contribution is -0.133. The Morgan fingerprint density at radius 3 is 2.67 bits per heavy atom. The van der Waals surface area contributed by atoms with E-state index >= 15 is 0 Å². The lowest BCUT2D eigenvalue weighted by atomic mass is 10.0. The van der Waals surface area contributed by atoms with Gasteiger partial charge in [0.1, 0.15) is 22.7 Å². The van der Waals surface area contributed by atoms with E-state index in [1.807, 2.05) is 47.8 Å². The number of fused-ring (bicyclic) bond motifs is 2. The van der Waals surface area contributed by atoms with E-state index in [2.05, 4.69) is 0 Å². The van der Waals surface area contributed by atoms with Gasteiger partial charge >= 0.3 is 11.6 Å². The highest BCUT2D eigenvalue weighted by Crippen LogP contribution is 2.35. The maximum Gasteiger partial charge on any atom is 0.336 e. The minimum absolute atomic E-state index is 0.204. The molecule has 2 aromatic carbocycles. The number of hydrogen-bond acceptors (Lipinski definition) is 6. The van der Waals surface area contributed by atoms with Crippen LogP contribution in [0.15, 0.2) is 79.7 Å². The van der Waals surface area contributed by atoms with Gasteiger partial charge in [-0.25, -0.2) is 4.79 Å². The molecule has 5 rings (SSSR count). The fraction of sp³-hybridized carbons (Fsp3) is 0.0833. The Labute approximate surface area is 175 Å². The van der Waals surface area contributed by atoms with Gasteiger partial charge in [-0.2, -0.15) is 0 Å². The summed E-state index contributed by atoms with van der Waals surface area (Å²) in [5.41, 5.74) is 1.96. The number of hydrogen-bond donors (Lipinski definition) is 0. The first kappa shape index (κ1) is 18.4. The lowest BCUT2D eigenvalue weighted by Crippen LogP contribution is -2.11. The van der Waals surface area contributed by atoms with E-state index in [1.165, 1.54) is 17.4 Å². The summed E-state index contributed by atoms with van der Waals surface area (Å²) in [7, 11) is 0. The molecule has 0 aliphatic rings. The number of rotatable bonds is 4. The first-order valence-corrected chi connectivity index (χ1v) is 10.3. The van der Waals surface area contributed by atoms with Crippen molar-refractivity contribution >= 4 is 39.2 Å². The first-order valence-electron chi connectivity index (χ1n) is 9.37. The Balaban J connectivity index is 1.59. The number of benzene rings is 2. The Kier molecular flexibility index (Phi) is 4.48. The fourth-order valence-corrected chi connectivity index (χ4v) is 4.12. The maximum atomic E-state index is 12.4. The van der Waals surface area contributed by atoms with Gasteiger partial charge in [-0.1, -0.05) is 24.3 Å². The molecule has 3 aromatic heterocycles. The number of carbonyl (C=O) groups is 1. The topological polar surface area (TPSA) is 69.7 Å². The highest BCUT2D eigenvalue weighted by molar-refractivity contribution is 7.10. The molecule has 0 bridgehead atoms. The molecule has 148 valence electrons. The van der Waals surface area contributed by atoms with Crippen LogP contribution in [0.2, 0.25) is 0 Å². The summed E-state index contributed by atoms with van der Waals surface area (Å²) < 4.78 is 17.0. The first-order chi connectivity index (χ1) is 14.6. The van der Waals surface area contributed by atoms with Crippen LogP contribution in [0.1, 0.15) is 10.4 Å². The third-order valence-corrected chi connectivity index (χ3v) is 5.73. The number of para-hydroxylation sites is 1. The third kappa shape index (κ3) is 3.42. The standard InChI is InChI=1S/C24H16O5S/c1-14-9-21-17(12-20(14)28-23(25)11-16-6-4-8-30-16)18(13-24(26)29-21)22-10-15-5-2-3-7-19(15)27-22/h2-10,12-13H,11H2,1H3. The fourth-order valence-electron chi connectivity index (χ4n) is 3.43. The molecule has 0 N–H and O–H groups in total. The van der Waals surface area contributed by atoms with Crippen molar-refractivity contribution in [3.05, 3.63) is 86.9 Å². The molecule has 0 spiro atoms. The van der Waals surface area contributed by atoms with Crippen molar-refractivity contribution in [1.82, 2.24) is 0 Å². The largest absolute Gasteiger partial charge is 0.456 e.